The summed E-state index contributed by atoms with van der Waals surface area (Å²) in [5, 5.41) is 0. The summed E-state index contributed by atoms with van der Waals surface area (Å²) < 4.78 is 118. The van der Waals surface area contributed by atoms with Gasteiger partial charge in [0.2, 0.25) is 34.8 Å². The first-order chi connectivity index (χ1) is 22.3. The van der Waals surface area contributed by atoms with E-state index in [1.54, 1.807) is 0 Å². The van der Waals surface area contributed by atoms with Crippen LogP contribution in [0, 0.1) is 29.1 Å². The molecule has 17 heteroatoms. The predicted molar refractivity (Wildman–Crippen MR) is 149 cm³/mol. The van der Waals surface area contributed by atoms with E-state index < -0.39 is 47.2 Å². The highest BCUT2D eigenvalue weighted by molar-refractivity contribution is 5.72. The van der Waals surface area contributed by atoms with Gasteiger partial charge in [-0.1, -0.05) is 6.92 Å². The van der Waals surface area contributed by atoms with Gasteiger partial charge >= 0.3 is 11.9 Å². The first kappa shape index (κ1) is 41.5. The number of halogens is 5. The molecule has 0 N–H and O–H groups in total. The molecule has 0 aliphatic rings. The summed E-state index contributed by atoms with van der Waals surface area (Å²) >= 11 is 0. The van der Waals surface area contributed by atoms with Crippen LogP contribution < -0.4 is 4.74 Å². The number of carbonyl (C=O) groups excluding carboxylic acids is 2. The summed E-state index contributed by atoms with van der Waals surface area (Å²) in [6, 6.07) is 0. The molecular formula is C29H43F5O12. The van der Waals surface area contributed by atoms with Crippen LogP contribution in [0.4, 0.5) is 22.0 Å². The number of rotatable bonds is 30. The molecule has 0 aliphatic heterocycles. The Kier molecular flexibility index (Phi) is 24.9. The van der Waals surface area contributed by atoms with Crippen LogP contribution in [0.3, 0.4) is 0 Å². The van der Waals surface area contributed by atoms with Crippen LogP contribution in [0.2, 0.25) is 0 Å². The molecule has 0 spiro atoms. The highest BCUT2D eigenvalue weighted by Gasteiger charge is 2.28. The van der Waals surface area contributed by atoms with Crippen molar-refractivity contribution in [3.63, 3.8) is 0 Å². The van der Waals surface area contributed by atoms with E-state index in [9.17, 15) is 31.5 Å². The maximum Gasteiger partial charge on any atom is 0.313 e. The number of benzene rings is 1. The molecule has 0 aromatic heterocycles. The van der Waals surface area contributed by atoms with Gasteiger partial charge in [0.05, 0.1) is 112 Å². The van der Waals surface area contributed by atoms with Gasteiger partial charge in [-0.15, -0.1) is 0 Å². The Bertz CT molecular complexity index is 944. The van der Waals surface area contributed by atoms with Crippen molar-refractivity contribution in [1.29, 1.82) is 0 Å². The van der Waals surface area contributed by atoms with Gasteiger partial charge in [0.15, 0.2) is 0 Å². The first-order valence-electron chi connectivity index (χ1n) is 14.8. The van der Waals surface area contributed by atoms with Gasteiger partial charge in [-0.25, -0.2) is 13.2 Å². The molecule has 266 valence electrons. The number of hydrogen-bond donors (Lipinski definition) is 0. The third-order valence-corrected chi connectivity index (χ3v) is 5.38. The maximum atomic E-state index is 13.5. The summed E-state index contributed by atoms with van der Waals surface area (Å²) in [5.41, 5.74) is 0. The lowest BCUT2D eigenvalue weighted by atomic mass is 10.2. The Morgan fingerprint density at radius 1 is 0.413 bits per heavy atom. The van der Waals surface area contributed by atoms with Crippen LogP contribution in [0.5, 0.6) is 5.75 Å². The van der Waals surface area contributed by atoms with E-state index in [1.165, 1.54) is 0 Å². The van der Waals surface area contributed by atoms with E-state index in [-0.39, 0.29) is 39.0 Å². The molecule has 0 bridgehead atoms. The maximum absolute atomic E-state index is 13.5. The van der Waals surface area contributed by atoms with E-state index in [2.05, 4.69) is 4.74 Å². The van der Waals surface area contributed by atoms with Crippen molar-refractivity contribution in [2.24, 2.45) is 0 Å². The summed E-state index contributed by atoms with van der Waals surface area (Å²) in [6.07, 6.45) is 0.683. The van der Waals surface area contributed by atoms with Crippen molar-refractivity contribution in [3.05, 3.63) is 29.1 Å². The fourth-order valence-corrected chi connectivity index (χ4v) is 3.13. The molecule has 0 saturated carbocycles. The van der Waals surface area contributed by atoms with E-state index >= 15 is 0 Å². The SMILES string of the molecule is CCCC(=O)OCCOCCOCCOCCOCCOCCOCCOCCOCCC(=O)Oc1c(F)c(F)c(F)c(F)c1F. The first-order valence-corrected chi connectivity index (χ1v) is 14.8. The molecule has 0 unspecified atom stereocenters. The highest BCUT2D eigenvalue weighted by Crippen LogP contribution is 2.29. The van der Waals surface area contributed by atoms with Crippen molar-refractivity contribution in [2.45, 2.75) is 26.2 Å². The monoisotopic (exact) mass is 678 g/mol. The normalized spacial score (nSPS) is 11.3. The van der Waals surface area contributed by atoms with Gasteiger partial charge < -0.3 is 47.4 Å². The lowest BCUT2D eigenvalue weighted by Gasteiger charge is -2.09. The number of hydrogen-bond acceptors (Lipinski definition) is 12. The van der Waals surface area contributed by atoms with Gasteiger partial charge in [-0.2, -0.15) is 8.78 Å². The van der Waals surface area contributed by atoms with Gasteiger partial charge in [-0.3, -0.25) is 9.59 Å². The Labute approximate surface area is 264 Å². The van der Waals surface area contributed by atoms with Gasteiger partial charge in [0.1, 0.15) is 6.61 Å². The fourth-order valence-electron chi connectivity index (χ4n) is 3.13. The van der Waals surface area contributed by atoms with Crippen molar-refractivity contribution >= 4 is 11.9 Å². The molecule has 0 fully saturated rings. The third-order valence-electron chi connectivity index (χ3n) is 5.38. The minimum Gasteiger partial charge on any atom is -0.463 e. The zero-order chi connectivity index (χ0) is 33.8. The molecule has 12 nitrogen and oxygen atoms in total. The second kappa shape index (κ2) is 27.6. The van der Waals surface area contributed by atoms with Gasteiger partial charge in [0, 0.05) is 6.42 Å². The minimum atomic E-state index is -2.35. The standard InChI is InChI=1S/C29H43F5O12/c1-2-3-22(35)45-21-20-44-19-18-43-17-16-42-15-14-41-13-12-40-11-10-39-9-8-38-7-6-37-5-4-23(36)46-29-27(33)25(31)24(30)26(32)28(29)34/h2-21H2,1H3. The molecule has 0 aliphatic carbocycles. The lowest BCUT2D eigenvalue weighted by molar-refractivity contribution is -0.145. The van der Waals surface area contributed by atoms with Crippen LogP contribution >= 0.6 is 0 Å². The molecule has 1 aromatic carbocycles. The zero-order valence-electron chi connectivity index (χ0n) is 25.9. The number of ether oxygens (including phenoxy) is 10. The van der Waals surface area contributed by atoms with Crippen LogP contribution in [-0.4, -0.2) is 124 Å². The molecule has 0 atom stereocenters. The van der Waals surface area contributed by atoms with Crippen LogP contribution in [0.15, 0.2) is 0 Å². The largest absolute Gasteiger partial charge is 0.463 e. The zero-order valence-corrected chi connectivity index (χ0v) is 25.9. The van der Waals surface area contributed by atoms with Gasteiger partial charge in [-0.05, 0) is 6.42 Å². The van der Waals surface area contributed by atoms with Crippen LogP contribution in [0.1, 0.15) is 26.2 Å². The van der Waals surface area contributed by atoms with E-state index in [0.717, 1.165) is 6.42 Å². The minimum absolute atomic E-state index is 0.0779. The predicted octanol–water partition coefficient (Wildman–Crippen LogP) is 3.15. The molecule has 0 radical (unpaired) electrons. The van der Waals surface area contributed by atoms with Crippen molar-refractivity contribution < 1.29 is 78.9 Å². The van der Waals surface area contributed by atoms with Crippen molar-refractivity contribution in [2.75, 3.05) is 112 Å². The molecular weight excluding hydrogens is 635 g/mol. The summed E-state index contributed by atoms with van der Waals surface area (Å²) in [5.74, 6) is -14.4. The van der Waals surface area contributed by atoms with E-state index in [1.807, 2.05) is 6.92 Å². The number of carbonyl (C=O) groups is 2. The molecule has 1 rings (SSSR count). The summed E-state index contributed by atoms with van der Waals surface area (Å²) in [6.45, 7) is 7.14. The van der Waals surface area contributed by atoms with Crippen molar-refractivity contribution in [1.82, 2.24) is 0 Å². The Morgan fingerprint density at radius 2 is 0.717 bits per heavy atom. The second-order valence-corrected chi connectivity index (χ2v) is 8.99. The fraction of sp³-hybridized carbons (Fsp3) is 0.724. The average Bonchev–Trinajstić information content (AvgIpc) is 3.04. The van der Waals surface area contributed by atoms with Crippen LogP contribution in [-0.2, 0) is 52.2 Å². The van der Waals surface area contributed by atoms with Crippen LogP contribution in [0.25, 0.3) is 0 Å². The molecule has 0 saturated heterocycles. The summed E-state index contributed by atoms with van der Waals surface area (Å²) in [4.78, 5) is 22.8. The quantitative estimate of drug-likeness (QED) is 0.0296. The highest BCUT2D eigenvalue weighted by atomic mass is 19.2. The molecule has 1 aromatic rings. The summed E-state index contributed by atoms with van der Waals surface area (Å²) in [7, 11) is 0. The van der Waals surface area contributed by atoms with E-state index in [0.29, 0.717) is 85.7 Å². The van der Waals surface area contributed by atoms with Gasteiger partial charge in [0.25, 0.3) is 0 Å². The third kappa shape index (κ3) is 19.9. The topological polar surface area (TPSA) is 126 Å². The lowest BCUT2D eigenvalue weighted by Crippen LogP contribution is -2.16. The molecule has 46 heavy (non-hydrogen) atoms. The smallest absolute Gasteiger partial charge is 0.313 e. The molecule has 0 amide bonds. The Hall–Kier alpha value is -2.51. The Morgan fingerprint density at radius 3 is 1.07 bits per heavy atom. The molecule has 0 heterocycles. The average molecular weight is 679 g/mol. The Balaban J connectivity index is 1.79. The second-order valence-electron chi connectivity index (χ2n) is 8.99. The van der Waals surface area contributed by atoms with Crippen molar-refractivity contribution in [3.8, 4) is 5.75 Å². The van der Waals surface area contributed by atoms with E-state index in [4.69, 9.17) is 42.6 Å². The number of esters is 2.